The number of ether oxygens (including phenoxy) is 1. The molecule has 5 nitrogen and oxygen atoms in total. The van der Waals surface area contributed by atoms with Gasteiger partial charge in [-0.2, -0.15) is 0 Å². The highest BCUT2D eigenvalue weighted by molar-refractivity contribution is 6.74. The van der Waals surface area contributed by atoms with Crippen LogP contribution in [0.5, 0.6) is 0 Å². The summed E-state index contributed by atoms with van der Waals surface area (Å²) in [4.78, 5) is 13.3. The van der Waals surface area contributed by atoms with Crippen molar-refractivity contribution in [2.45, 2.75) is 129 Å². The third-order valence-electron chi connectivity index (χ3n) is 12.0. The summed E-state index contributed by atoms with van der Waals surface area (Å²) in [6, 6.07) is 0. The average molecular weight is 565 g/mol. The van der Waals surface area contributed by atoms with Crippen molar-refractivity contribution >= 4 is 22.6 Å². The summed E-state index contributed by atoms with van der Waals surface area (Å²) in [6.07, 6.45) is 7.35. The first-order valence-corrected chi connectivity index (χ1v) is 21.0. The second-order valence-corrected chi connectivity index (χ2v) is 25.6. The first kappa shape index (κ1) is 30.5. The monoisotopic (exact) mass is 564 g/mol. The van der Waals surface area contributed by atoms with Crippen LogP contribution in [0.15, 0.2) is 11.6 Å². The highest BCUT2D eigenvalue weighted by atomic mass is 28.4. The fourth-order valence-electron chi connectivity index (χ4n) is 8.02. The van der Waals surface area contributed by atoms with Crippen molar-refractivity contribution in [3.63, 3.8) is 0 Å². The Hall–Kier alpha value is -0.476. The van der Waals surface area contributed by atoms with Gasteiger partial charge in [-0.05, 0) is 92.5 Å². The van der Waals surface area contributed by atoms with E-state index in [1.54, 1.807) is 0 Å². The quantitative estimate of drug-likeness (QED) is 0.208. The van der Waals surface area contributed by atoms with Crippen LogP contribution < -0.4 is 0 Å². The first-order chi connectivity index (χ1) is 17.4. The maximum atomic E-state index is 13.3. The van der Waals surface area contributed by atoms with Crippen LogP contribution in [-0.2, 0) is 18.4 Å². The van der Waals surface area contributed by atoms with Crippen LogP contribution in [0.1, 0.15) is 80.1 Å². The zero-order valence-electron chi connectivity index (χ0n) is 26.1. The predicted molar refractivity (Wildman–Crippen MR) is 159 cm³/mol. The number of hydrogen-bond acceptors (Lipinski definition) is 5. The van der Waals surface area contributed by atoms with E-state index in [1.165, 1.54) is 12.7 Å². The Balaban J connectivity index is 1.80. The lowest BCUT2D eigenvalue weighted by atomic mass is 9.54. The van der Waals surface area contributed by atoms with Crippen molar-refractivity contribution in [2.75, 3.05) is 13.7 Å². The number of esters is 1. The molecule has 0 amide bonds. The largest absolute Gasteiger partial charge is 0.469 e. The van der Waals surface area contributed by atoms with Crippen LogP contribution in [0.4, 0.5) is 0 Å². The van der Waals surface area contributed by atoms with Crippen molar-refractivity contribution in [1.29, 1.82) is 0 Å². The third kappa shape index (κ3) is 4.95. The Morgan fingerprint density at radius 1 is 1.03 bits per heavy atom. The molecule has 8 atom stereocenters. The fraction of sp³-hybridized carbons (Fsp3) is 0.903. The standard InChI is InChI=1S/C31H56O5Si2/c1-29(2,3)37(8,9)35-19-21-18-31-25(36-38(10,11)30(4,5)6)17-16-24(32)27(31)23(28(33)34-7)15-13-20-12-14-22(21)26(20)31/h12,21-27,32H,13-19H2,1-11H3/t21-,22+,23+,24?,25?,26+,27?,31?/m0/s1. The van der Waals surface area contributed by atoms with Gasteiger partial charge in [0.05, 0.1) is 25.2 Å². The smallest absolute Gasteiger partial charge is 0.309 e. The van der Waals surface area contributed by atoms with Gasteiger partial charge in [-0.3, -0.25) is 4.79 Å². The van der Waals surface area contributed by atoms with Crippen LogP contribution >= 0.6 is 0 Å². The van der Waals surface area contributed by atoms with Gasteiger partial charge in [0, 0.05) is 17.9 Å². The summed E-state index contributed by atoms with van der Waals surface area (Å²) in [5.41, 5.74) is 1.26. The SMILES string of the molecule is COC(=O)[C@@H]1CCC2=CC[C@@H]3[C@H](CO[Si](C)(C)C(C)(C)C)CC4(C(O[Si](C)(C)C(C)(C)C)CCC(O)C14)[C@H]23. The van der Waals surface area contributed by atoms with E-state index in [9.17, 15) is 9.90 Å². The van der Waals surface area contributed by atoms with E-state index in [2.05, 4.69) is 73.8 Å². The number of carbonyl (C=O) groups is 1. The molecule has 0 radical (unpaired) electrons. The molecule has 1 spiro atoms. The average Bonchev–Trinajstić information content (AvgIpc) is 3.30. The molecule has 38 heavy (non-hydrogen) atoms. The van der Waals surface area contributed by atoms with Gasteiger partial charge >= 0.3 is 5.97 Å². The minimum absolute atomic E-state index is 0.0499. The van der Waals surface area contributed by atoms with Crippen molar-refractivity contribution in [1.82, 2.24) is 0 Å². The molecule has 4 aliphatic rings. The Labute approximate surface area is 234 Å². The van der Waals surface area contributed by atoms with E-state index in [1.807, 2.05) is 0 Å². The minimum atomic E-state index is -2.09. The van der Waals surface area contributed by atoms with Crippen LogP contribution in [-0.4, -0.2) is 53.6 Å². The van der Waals surface area contributed by atoms with Gasteiger partial charge in [-0.15, -0.1) is 0 Å². The van der Waals surface area contributed by atoms with E-state index >= 15 is 0 Å². The van der Waals surface area contributed by atoms with Crippen molar-refractivity contribution in [3.05, 3.63) is 11.6 Å². The van der Waals surface area contributed by atoms with Gasteiger partial charge in [-0.25, -0.2) is 0 Å². The maximum Gasteiger partial charge on any atom is 0.309 e. The molecule has 4 unspecified atom stereocenters. The Bertz CT molecular complexity index is 930. The molecule has 0 aliphatic heterocycles. The molecule has 7 heteroatoms. The van der Waals surface area contributed by atoms with Gasteiger partial charge in [0.2, 0.25) is 0 Å². The minimum Gasteiger partial charge on any atom is -0.469 e. The second kappa shape index (κ2) is 10.1. The molecule has 218 valence electrons. The summed E-state index contributed by atoms with van der Waals surface area (Å²) < 4.78 is 19.7. The molecule has 1 N–H and O–H groups in total. The number of aliphatic hydroxyl groups is 1. The summed E-state index contributed by atoms with van der Waals surface area (Å²) >= 11 is 0. The predicted octanol–water partition coefficient (Wildman–Crippen LogP) is 7.32. The zero-order chi connectivity index (χ0) is 28.5. The number of allylic oxidation sites excluding steroid dienone is 2. The van der Waals surface area contributed by atoms with Crippen LogP contribution in [0.2, 0.25) is 36.3 Å². The molecule has 0 bridgehead atoms. The molecule has 0 aromatic carbocycles. The second-order valence-electron chi connectivity index (χ2n) is 16.0. The zero-order valence-corrected chi connectivity index (χ0v) is 28.1. The third-order valence-corrected chi connectivity index (χ3v) is 21.0. The molecule has 3 fully saturated rings. The van der Waals surface area contributed by atoms with E-state index in [4.69, 9.17) is 13.6 Å². The lowest BCUT2D eigenvalue weighted by molar-refractivity contribution is -0.168. The van der Waals surface area contributed by atoms with Gasteiger partial charge < -0.3 is 18.7 Å². The lowest BCUT2D eigenvalue weighted by Crippen LogP contribution is -2.60. The van der Waals surface area contributed by atoms with Crippen LogP contribution in [0.3, 0.4) is 0 Å². The molecular weight excluding hydrogens is 509 g/mol. The van der Waals surface area contributed by atoms with Crippen molar-refractivity contribution < 1.29 is 23.5 Å². The fourth-order valence-corrected chi connectivity index (χ4v) is 10.5. The Morgan fingerprint density at radius 3 is 2.24 bits per heavy atom. The number of methoxy groups -OCH3 is 1. The van der Waals surface area contributed by atoms with E-state index < -0.39 is 22.7 Å². The van der Waals surface area contributed by atoms with Gasteiger partial charge in [0.15, 0.2) is 16.6 Å². The normalized spacial score (nSPS) is 37.8. The Kier molecular flexibility index (Phi) is 8.11. The number of aliphatic hydroxyl groups excluding tert-OH is 1. The summed E-state index contributed by atoms with van der Waals surface area (Å²) in [5.74, 6) is 0.710. The first-order valence-electron chi connectivity index (χ1n) is 15.1. The number of rotatable bonds is 6. The summed E-state index contributed by atoms with van der Waals surface area (Å²) in [7, 11) is -2.49. The topological polar surface area (TPSA) is 65.0 Å². The van der Waals surface area contributed by atoms with Crippen molar-refractivity contribution in [2.24, 2.45) is 35.0 Å². The molecule has 0 saturated heterocycles. The molecular formula is C31H56O5Si2. The van der Waals surface area contributed by atoms with Crippen molar-refractivity contribution in [3.8, 4) is 0 Å². The Morgan fingerprint density at radius 2 is 1.66 bits per heavy atom. The van der Waals surface area contributed by atoms with Crippen LogP contribution in [0, 0.1) is 35.0 Å². The highest BCUT2D eigenvalue weighted by Gasteiger charge is 2.68. The number of hydrogen-bond donors (Lipinski definition) is 1. The van der Waals surface area contributed by atoms with Gasteiger partial charge in [0.25, 0.3) is 0 Å². The van der Waals surface area contributed by atoms with E-state index in [-0.39, 0.29) is 39.4 Å². The molecule has 0 aromatic heterocycles. The van der Waals surface area contributed by atoms with Gasteiger partial charge in [0.1, 0.15) is 0 Å². The maximum absolute atomic E-state index is 13.3. The highest BCUT2D eigenvalue weighted by Crippen LogP contribution is 2.69. The van der Waals surface area contributed by atoms with Gasteiger partial charge in [-0.1, -0.05) is 53.2 Å². The summed E-state index contributed by atoms with van der Waals surface area (Å²) in [6.45, 7) is 24.0. The molecule has 0 heterocycles. The van der Waals surface area contributed by atoms with E-state index in [0.29, 0.717) is 24.2 Å². The molecule has 0 aromatic rings. The molecule has 4 aliphatic carbocycles. The summed E-state index contributed by atoms with van der Waals surface area (Å²) in [5, 5.41) is 12.0. The van der Waals surface area contributed by atoms with Crippen LogP contribution in [0.25, 0.3) is 0 Å². The lowest BCUT2D eigenvalue weighted by Gasteiger charge is -2.56. The molecule has 4 rings (SSSR count). The number of carbonyl (C=O) groups excluding carboxylic acids is 1. The molecule has 3 saturated carbocycles. The van der Waals surface area contributed by atoms with E-state index in [0.717, 1.165) is 38.7 Å².